The van der Waals surface area contributed by atoms with Crippen molar-refractivity contribution in [3.8, 4) is 0 Å². The molecule has 1 unspecified atom stereocenters. The van der Waals surface area contributed by atoms with Crippen molar-refractivity contribution in [1.82, 2.24) is 4.90 Å². The van der Waals surface area contributed by atoms with Crippen LogP contribution >= 0.6 is 0 Å². The summed E-state index contributed by atoms with van der Waals surface area (Å²) in [5.41, 5.74) is 1.39. The van der Waals surface area contributed by atoms with Gasteiger partial charge in [-0.2, -0.15) is 0 Å². The molecule has 0 saturated carbocycles. The van der Waals surface area contributed by atoms with Crippen molar-refractivity contribution >= 4 is 5.91 Å². The highest BCUT2D eigenvalue weighted by molar-refractivity contribution is 5.73. The zero-order valence-corrected chi connectivity index (χ0v) is 9.86. The number of carbonyl (C=O) groups is 1. The molecule has 2 nitrogen and oxygen atoms in total. The van der Waals surface area contributed by atoms with Gasteiger partial charge in [0, 0.05) is 20.0 Å². The normalized spacial score (nSPS) is 20.8. The SMILES string of the molecule is CC(=O)N1CCCC(Cc2ccccc2)C1. The molecule has 86 valence electrons. The van der Waals surface area contributed by atoms with Crippen molar-refractivity contribution in [2.45, 2.75) is 26.2 Å². The van der Waals surface area contributed by atoms with Crippen LogP contribution in [0.1, 0.15) is 25.3 Å². The third-order valence-corrected chi connectivity index (χ3v) is 3.33. The third-order valence-electron chi connectivity index (χ3n) is 3.33. The van der Waals surface area contributed by atoms with Crippen LogP contribution in [-0.2, 0) is 11.2 Å². The van der Waals surface area contributed by atoms with Crippen LogP contribution < -0.4 is 0 Å². The average Bonchev–Trinajstić information content (AvgIpc) is 2.30. The van der Waals surface area contributed by atoms with Crippen LogP contribution in [-0.4, -0.2) is 23.9 Å². The van der Waals surface area contributed by atoms with E-state index in [1.807, 2.05) is 11.0 Å². The van der Waals surface area contributed by atoms with Gasteiger partial charge in [-0.3, -0.25) is 4.79 Å². The van der Waals surface area contributed by atoms with Crippen molar-refractivity contribution in [3.05, 3.63) is 35.9 Å². The molecule has 1 aromatic rings. The van der Waals surface area contributed by atoms with E-state index in [0.717, 1.165) is 25.9 Å². The van der Waals surface area contributed by atoms with Gasteiger partial charge < -0.3 is 4.90 Å². The minimum atomic E-state index is 0.220. The summed E-state index contributed by atoms with van der Waals surface area (Å²) in [7, 11) is 0. The Morgan fingerprint density at radius 1 is 1.38 bits per heavy atom. The largest absolute Gasteiger partial charge is 0.343 e. The molecule has 0 aromatic heterocycles. The molecule has 1 aliphatic heterocycles. The van der Waals surface area contributed by atoms with Crippen molar-refractivity contribution in [2.24, 2.45) is 5.92 Å². The second-order valence-electron chi connectivity index (χ2n) is 4.66. The molecule has 16 heavy (non-hydrogen) atoms. The number of piperidine rings is 1. The number of benzene rings is 1. The minimum absolute atomic E-state index is 0.220. The Kier molecular flexibility index (Phi) is 3.60. The van der Waals surface area contributed by atoms with Crippen LogP contribution in [0.3, 0.4) is 0 Å². The summed E-state index contributed by atoms with van der Waals surface area (Å²) in [6.07, 6.45) is 3.50. The average molecular weight is 217 g/mol. The highest BCUT2D eigenvalue weighted by atomic mass is 16.2. The number of nitrogens with zero attached hydrogens (tertiary/aromatic N) is 1. The Hall–Kier alpha value is -1.31. The molecule has 1 heterocycles. The number of likely N-dealkylation sites (tertiary alicyclic amines) is 1. The molecular formula is C14H19NO. The first-order chi connectivity index (χ1) is 7.75. The molecule has 0 radical (unpaired) electrons. The lowest BCUT2D eigenvalue weighted by molar-refractivity contribution is -0.130. The summed E-state index contributed by atoms with van der Waals surface area (Å²) in [6, 6.07) is 10.6. The Morgan fingerprint density at radius 2 is 2.12 bits per heavy atom. The zero-order chi connectivity index (χ0) is 11.4. The van der Waals surface area contributed by atoms with E-state index in [-0.39, 0.29) is 5.91 Å². The maximum absolute atomic E-state index is 11.3. The fraction of sp³-hybridized carbons (Fsp3) is 0.500. The number of carbonyl (C=O) groups excluding carboxylic acids is 1. The molecule has 1 aromatic carbocycles. The van der Waals surface area contributed by atoms with Crippen molar-refractivity contribution < 1.29 is 4.79 Å². The maximum atomic E-state index is 11.3. The number of hydrogen-bond acceptors (Lipinski definition) is 1. The minimum Gasteiger partial charge on any atom is -0.343 e. The first-order valence-electron chi connectivity index (χ1n) is 6.05. The van der Waals surface area contributed by atoms with Crippen molar-refractivity contribution in [2.75, 3.05) is 13.1 Å². The summed E-state index contributed by atoms with van der Waals surface area (Å²) >= 11 is 0. The van der Waals surface area contributed by atoms with Gasteiger partial charge in [0.1, 0.15) is 0 Å². The molecule has 1 saturated heterocycles. The summed E-state index contributed by atoms with van der Waals surface area (Å²) in [4.78, 5) is 13.3. The summed E-state index contributed by atoms with van der Waals surface area (Å²) < 4.78 is 0. The molecule has 1 atom stereocenters. The topological polar surface area (TPSA) is 20.3 Å². The predicted octanol–water partition coefficient (Wildman–Crippen LogP) is 2.49. The van der Waals surface area contributed by atoms with Gasteiger partial charge in [0.15, 0.2) is 0 Å². The molecule has 2 heteroatoms. The van der Waals surface area contributed by atoms with E-state index in [2.05, 4.69) is 24.3 Å². The number of hydrogen-bond donors (Lipinski definition) is 0. The standard InChI is InChI=1S/C14H19NO/c1-12(16)15-9-5-8-14(11-15)10-13-6-3-2-4-7-13/h2-4,6-7,14H,5,8-11H2,1H3. The second kappa shape index (κ2) is 5.15. The fourth-order valence-electron chi connectivity index (χ4n) is 2.47. The van der Waals surface area contributed by atoms with E-state index in [1.165, 1.54) is 12.0 Å². The lowest BCUT2D eigenvalue weighted by Crippen LogP contribution is -2.39. The first kappa shape index (κ1) is 11.2. The predicted molar refractivity (Wildman–Crippen MR) is 65.1 cm³/mol. The van der Waals surface area contributed by atoms with E-state index in [1.54, 1.807) is 6.92 Å². The Labute approximate surface area is 97.3 Å². The summed E-state index contributed by atoms with van der Waals surface area (Å²) in [5.74, 6) is 0.859. The molecule has 0 spiro atoms. The van der Waals surface area contributed by atoms with Crippen molar-refractivity contribution in [3.63, 3.8) is 0 Å². The molecule has 2 rings (SSSR count). The third kappa shape index (κ3) is 2.84. The van der Waals surface area contributed by atoms with Crippen LogP contribution in [0.4, 0.5) is 0 Å². The van der Waals surface area contributed by atoms with E-state index >= 15 is 0 Å². The zero-order valence-electron chi connectivity index (χ0n) is 9.86. The summed E-state index contributed by atoms with van der Waals surface area (Å²) in [6.45, 7) is 3.55. The van der Waals surface area contributed by atoms with Crippen LogP contribution in [0.2, 0.25) is 0 Å². The van der Waals surface area contributed by atoms with E-state index < -0.39 is 0 Å². The molecule has 1 fully saturated rings. The Morgan fingerprint density at radius 3 is 2.81 bits per heavy atom. The number of amides is 1. The fourth-order valence-corrected chi connectivity index (χ4v) is 2.47. The maximum Gasteiger partial charge on any atom is 0.219 e. The van der Waals surface area contributed by atoms with Crippen LogP contribution in [0.5, 0.6) is 0 Å². The molecule has 1 aliphatic rings. The highest BCUT2D eigenvalue weighted by Gasteiger charge is 2.21. The molecular weight excluding hydrogens is 198 g/mol. The van der Waals surface area contributed by atoms with Crippen LogP contribution in [0.25, 0.3) is 0 Å². The Balaban J connectivity index is 1.93. The lowest BCUT2D eigenvalue weighted by Gasteiger charge is -2.32. The van der Waals surface area contributed by atoms with Gasteiger partial charge >= 0.3 is 0 Å². The molecule has 0 bridgehead atoms. The summed E-state index contributed by atoms with van der Waals surface area (Å²) in [5, 5.41) is 0. The van der Waals surface area contributed by atoms with Gasteiger partial charge in [-0.05, 0) is 30.7 Å². The van der Waals surface area contributed by atoms with E-state index in [4.69, 9.17) is 0 Å². The van der Waals surface area contributed by atoms with E-state index in [0.29, 0.717) is 5.92 Å². The van der Waals surface area contributed by atoms with Gasteiger partial charge in [-0.1, -0.05) is 30.3 Å². The van der Waals surface area contributed by atoms with Gasteiger partial charge in [0.05, 0.1) is 0 Å². The van der Waals surface area contributed by atoms with Gasteiger partial charge in [-0.25, -0.2) is 0 Å². The smallest absolute Gasteiger partial charge is 0.219 e. The van der Waals surface area contributed by atoms with Gasteiger partial charge in [-0.15, -0.1) is 0 Å². The van der Waals surface area contributed by atoms with Crippen LogP contribution in [0, 0.1) is 5.92 Å². The highest BCUT2D eigenvalue weighted by Crippen LogP contribution is 2.20. The van der Waals surface area contributed by atoms with Crippen LogP contribution in [0.15, 0.2) is 30.3 Å². The monoisotopic (exact) mass is 217 g/mol. The van der Waals surface area contributed by atoms with Crippen molar-refractivity contribution in [1.29, 1.82) is 0 Å². The molecule has 0 aliphatic carbocycles. The second-order valence-corrected chi connectivity index (χ2v) is 4.66. The lowest BCUT2D eigenvalue weighted by atomic mass is 9.91. The van der Waals surface area contributed by atoms with Gasteiger partial charge in [0.2, 0.25) is 5.91 Å². The molecule has 0 N–H and O–H groups in total. The van der Waals surface area contributed by atoms with E-state index in [9.17, 15) is 4.79 Å². The number of rotatable bonds is 2. The quantitative estimate of drug-likeness (QED) is 0.745. The molecule has 1 amide bonds. The van der Waals surface area contributed by atoms with Gasteiger partial charge in [0.25, 0.3) is 0 Å². The first-order valence-corrected chi connectivity index (χ1v) is 6.05. The Bertz CT molecular complexity index is 347.